The van der Waals surface area contributed by atoms with Gasteiger partial charge in [0.2, 0.25) is 0 Å². The van der Waals surface area contributed by atoms with Gasteiger partial charge in [-0.3, -0.25) is 0 Å². The molecule has 0 aliphatic carbocycles. The molecule has 0 unspecified atom stereocenters. The molecule has 0 spiro atoms. The molecule has 0 saturated carbocycles. The molecule has 0 aromatic heterocycles. The Hall–Kier alpha value is -5.68. The minimum atomic E-state index is 0. The number of phenolic OH excluding ortho intramolecular Hbond substituents is 5. The number of hydrogen-bond donors (Lipinski definition) is 5. The topological polar surface area (TPSA) is 101 Å². The van der Waals surface area contributed by atoms with E-state index in [1.807, 2.05) is 74.5 Å². The number of hydrogen-bond acceptors (Lipinski definition) is 5. The predicted octanol–water partition coefficient (Wildman–Crippen LogP) is 10.2. The zero-order chi connectivity index (χ0) is 31.9. The van der Waals surface area contributed by atoms with E-state index in [4.69, 9.17) is 25.5 Å². The zero-order valence-electron chi connectivity index (χ0n) is 25.1. The maximum absolute atomic E-state index is 9.15. The van der Waals surface area contributed by atoms with Gasteiger partial charge in [-0.05, 0) is 104 Å². The zero-order valence-corrected chi connectivity index (χ0v) is 25.1. The van der Waals surface area contributed by atoms with E-state index in [0.717, 1.165) is 16.7 Å². The van der Waals surface area contributed by atoms with Crippen LogP contribution in [0.15, 0.2) is 146 Å². The average molecular weight is 603 g/mol. The third kappa shape index (κ3) is 13.0. The van der Waals surface area contributed by atoms with Crippen molar-refractivity contribution in [3.8, 4) is 51.0 Å². The monoisotopic (exact) mass is 602 g/mol. The van der Waals surface area contributed by atoms with Crippen molar-refractivity contribution in [3.63, 3.8) is 0 Å². The molecule has 0 saturated heterocycles. The lowest BCUT2D eigenvalue weighted by atomic mass is 10.0. The second-order valence-electron chi connectivity index (χ2n) is 10.2. The quantitative estimate of drug-likeness (QED) is 0.136. The Morgan fingerprint density at radius 3 is 0.556 bits per heavy atom. The summed E-state index contributed by atoms with van der Waals surface area (Å²) in [6.07, 6.45) is 0. The first-order valence-corrected chi connectivity index (χ1v) is 14.0. The first kappa shape index (κ1) is 35.5. The van der Waals surface area contributed by atoms with Crippen LogP contribution in [0.2, 0.25) is 0 Å². The molecule has 0 aliphatic rings. The van der Waals surface area contributed by atoms with Crippen LogP contribution in [0.1, 0.15) is 24.1 Å². The number of phenols is 5. The molecular weight excluding hydrogens is 560 g/mol. The van der Waals surface area contributed by atoms with Crippen molar-refractivity contribution >= 4 is 0 Å². The summed E-state index contributed by atoms with van der Waals surface area (Å²) in [6, 6.07) is 43.7. The van der Waals surface area contributed by atoms with Crippen LogP contribution in [0, 0.1) is 20.8 Å². The van der Waals surface area contributed by atoms with Gasteiger partial charge in [-0.2, -0.15) is 0 Å². The molecule has 5 N–H and O–H groups in total. The second-order valence-corrected chi connectivity index (χ2v) is 10.2. The van der Waals surface area contributed by atoms with Gasteiger partial charge in [0.05, 0.1) is 0 Å². The van der Waals surface area contributed by atoms with Crippen LogP contribution < -0.4 is 0 Å². The largest absolute Gasteiger partial charge is 0.508 e. The van der Waals surface area contributed by atoms with Crippen LogP contribution in [0.5, 0.6) is 28.7 Å². The van der Waals surface area contributed by atoms with E-state index in [2.05, 4.69) is 31.2 Å². The third-order valence-corrected chi connectivity index (χ3v) is 6.39. The predicted molar refractivity (Wildman–Crippen MR) is 186 cm³/mol. The summed E-state index contributed by atoms with van der Waals surface area (Å²) in [5.41, 5.74) is 7.93. The van der Waals surface area contributed by atoms with E-state index in [9.17, 15) is 0 Å². The Labute approximate surface area is 266 Å². The van der Waals surface area contributed by atoms with Crippen molar-refractivity contribution in [2.75, 3.05) is 0 Å². The Balaban J connectivity index is 0.000000215. The van der Waals surface area contributed by atoms with Crippen molar-refractivity contribution in [1.29, 1.82) is 0 Å². The van der Waals surface area contributed by atoms with E-state index in [0.29, 0.717) is 17.2 Å². The molecule has 0 bridgehead atoms. The summed E-state index contributed by atoms with van der Waals surface area (Å²) in [5.74, 6) is 1.48. The summed E-state index contributed by atoms with van der Waals surface area (Å²) in [4.78, 5) is 0. The fraction of sp³-hybridized carbons (Fsp3) is 0.100. The normalized spacial score (nSPS) is 9.49. The highest BCUT2D eigenvalue weighted by Gasteiger charge is 1.98. The number of aryl methyl sites for hydroxylation is 3. The highest BCUT2D eigenvalue weighted by Crippen LogP contribution is 2.24. The SMILES string of the molecule is C.Cc1ccc(-c2ccc(O)cc2)cc1.Cc1ccc(O)cc1.Cc1ccc(O)cc1.Oc1ccc(-c2ccc(O)cc2)cc1. The molecule has 6 rings (SSSR count). The van der Waals surface area contributed by atoms with Crippen LogP contribution >= 0.6 is 0 Å². The van der Waals surface area contributed by atoms with Gasteiger partial charge in [0, 0.05) is 0 Å². The third-order valence-electron chi connectivity index (χ3n) is 6.39. The Bertz CT molecular complexity index is 1400. The first-order chi connectivity index (χ1) is 21.1. The minimum absolute atomic E-state index is 0. The molecule has 0 atom stereocenters. The molecular formula is C40H42O5. The lowest BCUT2D eigenvalue weighted by Gasteiger charge is -2.01. The molecule has 0 radical (unpaired) electrons. The van der Waals surface area contributed by atoms with Gasteiger partial charge in [-0.1, -0.05) is 109 Å². The van der Waals surface area contributed by atoms with Gasteiger partial charge in [0.1, 0.15) is 28.7 Å². The molecule has 45 heavy (non-hydrogen) atoms. The lowest BCUT2D eigenvalue weighted by molar-refractivity contribution is 0.474. The van der Waals surface area contributed by atoms with E-state index >= 15 is 0 Å². The van der Waals surface area contributed by atoms with E-state index in [1.54, 1.807) is 60.7 Å². The standard InChI is InChI=1S/C13H12O.C12H10O2.2C7H8O.CH4/c1-10-2-4-11(5-3-10)12-6-8-13(14)9-7-12;13-11-5-1-9(2-6-11)10-3-7-12(14)8-4-10;2*1-6-2-4-7(8)5-3-6;/h2-9,14H,1H3;1-8,13-14H;2*2-5,8H,1H3;1H4. The van der Waals surface area contributed by atoms with Gasteiger partial charge in [0.15, 0.2) is 0 Å². The molecule has 6 aromatic carbocycles. The molecule has 0 amide bonds. The second kappa shape index (κ2) is 18.1. The molecule has 0 aliphatic heterocycles. The van der Waals surface area contributed by atoms with Crippen LogP contribution in [0.25, 0.3) is 22.3 Å². The van der Waals surface area contributed by atoms with Crippen molar-refractivity contribution in [2.24, 2.45) is 0 Å². The Morgan fingerprint density at radius 1 is 0.244 bits per heavy atom. The highest BCUT2D eigenvalue weighted by atomic mass is 16.3. The summed E-state index contributed by atoms with van der Waals surface area (Å²) in [6.45, 7) is 6.04. The highest BCUT2D eigenvalue weighted by molar-refractivity contribution is 5.65. The van der Waals surface area contributed by atoms with Crippen LogP contribution in [-0.4, -0.2) is 25.5 Å². The average Bonchev–Trinajstić information content (AvgIpc) is 3.03. The van der Waals surface area contributed by atoms with Gasteiger partial charge >= 0.3 is 0 Å². The van der Waals surface area contributed by atoms with Crippen molar-refractivity contribution in [2.45, 2.75) is 28.2 Å². The molecule has 6 aromatic rings. The Kier molecular flexibility index (Phi) is 14.3. The molecule has 5 heteroatoms. The number of rotatable bonds is 2. The van der Waals surface area contributed by atoms with Gasteiger partial charge in [0.25, 0.3) is 0 Å². The van der Waals surface area contributed by atoms with Gasteiger partial charge in [-0.15, -0.1) is 0 Å². The van der Waals surface area contributed by atoms with Gasteiger partial charge < -0.3 is 25.5 Å². The first-order valence-electron chi connectivity index (χ1n) is 14.0. The summed E-state index contributed by atoms with van der Waals surface area (Å²) in [7, 11) is 0. The van der Waals surface area contributed by atoms with Crippen molar-refractivity contribution in [1.82, 2.24) is 0 Å². The summed E-state index contributed by atoms with van der Waals surface area (Å²) in [5, 5.41) is 44.9. The number of benzene rings is 6. The molecule has 5 nitrogen and oxygen atoms in total. The van der Waals surface area contributed by atoms with E-state index in [1.165, 1.54) is 22.3 Å². The van der Waals surface area contributed by atoms with Crippen molar-refractivity contribution < 1.29 is 25.5 Å². The minimum Gasteiger partial charge on any atom is -0.508 e. The maximum atomic E-state index is 9.15. The van der Waals surface area contributed by atoms with Crippen LogP contribution in [-0.2, 0) is 0 Å². The van der Waals surface area contributed by atoms with Gasteiger partial charge in [-0.25, -0.2) is 0 Å². The molecule has 0 heterocycles. The van der Waals surface area contributed by atoms with Crippen molar-refractivity contribution in [3.05, 3.63) is 162 Å². The fourth-order valence-electron chi connectivity index (χ4n) is 3.80. The molecule has 0 fully saturated rings. The summed E-state index contributed by atoms with van der Waals surface area (Å²) < 4.78 is 0. The van der Waals surface area contributed by atoms with E-state index in [-0.39, 0.29) is 18.9 Å². The fourth-order valence-corrected chi connectivity index (χ4v) is 3.80. The number of aromatic hydroxyl groups is 5. The van der Waals surface area contributed by atoms with Crippen LogP contribution in [0.4, 0.5) is 0 Å². The Morgan fingerprint density at radius 2 is 0.378 bits per heavy atom. The van der Waals surface area contributed by atoms with Crippen LogP contribution in [0.3, 0.4) is 0 Å². The maximum Gasteiger partial charge on any atom is 0.115 e. The lowest BCUT2D eigenvalue weighted by Crippen LogP contribution is -1.77. The van der Waals surface area contributed by atoms with E-state index < -0.39 is 0 Å². The smallest absolute Gasteiger partial charge is 0.115 e. The molecule has 232 valence electrons. The summed E-state index contributed by atoms with van der Waals surface area (Å²) >= 11 is 0.